The first-order valence-electron chi connectivity index (χ1n) is 10.0. The van der Waals surface area contributed by atoms with Crippen molar-refractivity contribution in [2.75, 3.05) is 45.3 Å². The average Bonchev–Trinajstić information content (AvgIpc) is 3.41. The fourth-order valence-electron chi connectivity index (χ4n) is 4.16. The second kappa shape index (κ2) is 8.75. The highest BCUT2D eigenvalue weighted by Gasteiger charge is 2.26. The number of methoxy groups -OCH3 is 1. The predicted octanol–water partition coefficient (Wildman–Crippen LogP) is 2.82. The Bertz CT molecular complexity index is 792. The lowest BCUT2D eigenvalue weighted by Gasteiger charge is -2.33. The molecule has 0 radical (unpaired) electrons. The predicted molar refractivity (Wildman–Crippen MR) is 107 cm³/mol. The molecule has 2 aliphatic rings. The minimum atomic E-state index is -0.183. The molecule has 0 spiro atoms. The standard InChI is InChI=1S/C21H28N4O3/c1-27-19-5-3-2-4-18(19)21(26)23-20-6-10-22-25(20)17-7-11-24(12-8-17)14-16-9-13-28-15-16/h2-6,10,16-17H,7-9,11-15H2,1H3,(H,23,26)/t16-/m1/s1. The van der Waals surface area contributed by atoms with Gasteiger partial charge in [-0.1, -0.05) is 12.1 Å². The van der Waals surface area contributed by atoms with Crippen LogP contribution in [0.1, 0.15) is 35.7 Å². The van der Waals surface area contributed by atoms with Crippen LogP contribution in [0.25, 0.3) is 0 Å². The third kappa shape index (κ3) is 4.20. The van der Waals surface area contributed by atoms with Gasteiger partial charge in [0.15, 0.2) is 0 Å². The molecule has 3 heterocycles. The van der Waals surface area contributed by atoms with Gasteiger partial charge < -0.3 is 19.7 Å². The van der Waals surface area contributed by atoms with E-state index in [-0.39, 0.29) is 5.91 Å². The first kappa shape index (κ1) is 19.0. The Morgan fingerprint density at radius 2 is 2.07 bits per heavy atom. The molecule has 2 aliphatic heterocycles. The van der Waals surface area contributed by atoms with Crippen molar-refractivity contribution in [3.05, 3.63) is 42.1 Å². The number of rotatable bonds is 6. The molecule has 28 heavy (non-hydrogen) atoms. The molecule has 7 heteroatoms. The van der Waals surface area contributed by atoms with Crippen molar-refractivity contribution >= 4 is 11.7 Å². The zero-order valence-corrected chi connectivity index (χ0v) is 16.3. The number of ether oxygens (including phenoxy) is 2. The molecule has 0 unspecified atom stereocenters. The van der Waals surface area contributed by atoms with Crippen LogP contribution in [0.4, 0.5) is 5.82 Å². The monoisotopic (exact) mass is 384 g/mol. The molecule has 0 saturated carbocycles. The maximum Gasteiger partial charge on any atom is 0.260 e. The summed E-state index contributed by atoms with van der Waals surface area (Å²) in [7, 11) is 1.57. The Balaban J connectivity index is 1.37. The molecule has 0 bridgehead atoms. The fourth-order valence-corrected chi connectivity index (χ4v) is 4.16. The van der Waals surface area contributed by atoms with E-state index in [1.54, 1.807) is 25.4 Å². The molecular formula is C21H28N4O3. The smallest absolute Gasteiger partial charge is 0.260 e. The van der Waals surface area contributed by atoms with E-state index in [9.17, 15) is 4.79 Å². The number of nitrogens with one attached hydrogen (secondary N) is 1. The van der Waals surface area contributed by atoms with Gasteiger partial charge in [-0.3, -0.25) is 4.79 Å². The number of para-hydroxylation sites is 1. The number of piperidine rings is 1. The molecule has 1 aromatic heterocycles. The van der Waals surface area contributed by atoms with Gasteiger partial charge in [-0.05, 0) is 37.3 Å². The van der Waals surface area contributed by atoms with Gasteiger partial charge in [0.1, 0.15) is 11.6 Å². The van der Waals surface area contributed by atoms with Crippen LogP contribution in [0.3, 0.4) is 0 Å². The van der Waals surface area contributed by atoms with E-state index in [0.717, 1.165) is 51.5 Å². The number of hydrogen-bond donors (Lipinski definition) is 1. The normalized spacial score (nSPS) is 21.0. The molecule has 1 amide bonds. The van der Waals surface area contributed by atoms with Crippen LogP contribution < -0.4 is 10.1 Å². The molecule has 2 saturated heterocycles. The van der Waals surface area contributed by atoms with Crippen LogP contribution in [-0.4, -0.2) is 60.5 Å². The number of hydrogen-bond acceptors (Lipinski definition) is 5. The van der Waals surface area contributed by atoms with Gasteiger partial charge in [-0.15, -0.1) is 0 Å². The van der Waals surface area contributed by atoms with Crippen molar-refractivity contribution in [1.29, 1.82) is 0 Å². The average molecular weight is 384 g/mol. The highest BCUT2D eigenvalue weighted by molar-refractivity contribution is 6.05. The Morgan fingerprint density at radius 1 is 1.25 bits per heavy atom. The topological polar surface area (TPSA) is 68.6 Å². The molecule has 150 valence electrons. The van der Waals surface area contributed by atoms with Gasteiger partial charge >= 0.3 is 0 Å². The molecule has 2 fully saturated rings. The van der Waals surface area contributed by atoms with Gasteiger partial charge in [0.25, 0.3) is 5.91 Å². The van der Waals surface area contributed by atoms with Crippen LogP contribution in [0, 0.1) is 5.92 Å². The van der Waals surface area contributed by atoms with Gasteiger partial charge in [-0.25, -0.2) is 4.68 Å². The van der Waals surface area contributed by atoms with E-state index < -0.39 is 0 Å². The summed E-state index contributed by atoms with van der Waals surface area (Å²) in [5.74, 6) is 1.80. The van der Waals surface area contributed by atoms with E-state index in [1.165, 1.54) is 6.42 Å². The Hall–Kier alpha value is -2.38. The molecule has 7 nitrogen and oxygen atoms in total. The minimum Gasteiger partial charge on any atom is -0.496 e. The van der Waals surface area contributed by atoms with Crippen molar-refractivity contribution in [1.82, 2.24) is 14.7 Å². The minimum absolute atomic E-state index is 0.183. The lowest BCUT2D eigenvalue weighted by Crippen LogP contribution is -2.38. The molecule has 2 aromatic rings. The number of likely N-dealkylation sites (tertiary alicyclic amines) is 1. The SMILES string of the molecule is COc1ccccc1C(=O)Nc1ccnn1C1CCN(C[C@H]2CCOC2)CC1. The summed E-state index contributed by atoms with van der Waals surface area (Å²) in [6.45, 7) is 5.05. The lowest BCUT2D eigenvalue weighted by atomic mass is 10.0. The van der Waals surface area contributed by atoms with Crippen LogP contribution in [-0.2, 0) is 4.74 Å². The van der Waals surface area contributed by atoms with Crippen molar-refractivity contribution < 1.29 is 14.3 Å². The van der Waals surface area contributed by atoms with Crippen molar-refractivity contribution in [3.8, 4) is 5.75 Å². The summed E-state index contributed by atoms with van der Waals surface area (Å²) in [5.41, 5.74) is 0.520. The number of nitrogens with zero attached hydrogens (tertiary/aromatic N) is 3. The van der Waals surface area contributed by atoms with E-state index in [1.807, 2.05) is 22.9 Å². The van der Waals surface area contributed by atoms with Crippen LogP contribution in [0.2, 0.25) is 0 Å². The number of benzene rings is 1. The summed E-state index contributed by atoms with van der Waals surface area (Å²) in [4.78, 5) is 15.3. The molecule has 0 aliphatic carbocycles. The fraction of sp³-hybridized carbons (Fsp3) is 0.524. The van der Waals surface area contributed by atoms with Crippen LogP contribution in [0.15, 0.2) is 36.5 Å². The zero-order chi connectivity index (χ0) is 19.3. The van der Waals surface area contributed by atoms with Crippen LogP contribution in [0.5, 0.6) is 5.75 Å². The van der Waals surface area contributed by atoms with E-state index in [4.69, 9.17) is 9.47 Å². The van der Waals surface area contributed by atoms with E-state index in [0.29, 0.717) is 23.3 Å². The van der Waals surface area contributed by atoms with Gasteiger partial charge in [0.2, 0.25) is 0 Å². The van der Waals surface area contributed by atoms with E-state index in [2.05, 4.69) is 15.3 Å². The molecule has 1 aromatic carbocycles. The summed E-state index contributed by atoms with van der Waals surface area (Å²) < 4.78 is 12.8. The summed E-state index contributed by atoms with van der Waals surface area (Å²) in [6.07, 6.45) is 5.00. The molecular weight excluding hydrogens is 356 g/mol. The second-order valence-electron chi connectivity index (χ2n) is 7.58. The Morgan fingerprint density at radius 3 is 2.82 bits per heavy atom. The van der Waals surface area contributed by atoms with Crippen LogP contribution >= 0.6 is 0 Å². The quantitative estimate of drug-likeness (QED) is 0.829. The van der Waals surface area contributed by atoms with Gasteiger partial charge in [-0.2, -0.15) is 5.10 Å². The molecule has 1 atom stereocenters. The van der Waals surface area contributed by atoms with Crippen molar-refractivity contribution in [2.45, 2.75) is 25.3 Å². The largest absolute Gasteiger partial charge is 0.496 e. The number of aromatic nitrogens is 2. The first-order chi connectivity index (χ1) is 13.7. The molecule has 4 rings (SSSR count). The highest BCUT2D eigenvalue weighted by atomic mass is 16.5. The summed E-state index contributed by atoms with van der Waals surface area (Å²) in [5, 5.41) is 7.49. The maximum absolute atomic E-state index is 12.7. The third-order valence-corrected chi connectivity index (χ3v) is 5.71. The Labute approximate surface area is 165 Å². The molecule has 1 N–H and O–H groups in total. The van der Waals surface area contributed by atoms with Gasteiger partial charge in [0.05, 0.1) is 31.5 Å². The zero-order valence-electron chi connectivity index (χ0n) is 16.3. The van der Waals surface area contributed by atoms with Gasteiger partial charge in [0, 0.05) is 32.3 Å². The number of anilines is 1. The summed E-state index contributed by atoms with van der Waals surface area (Å²) >= 11 is 0. The number of carbonyl (C=O) groups excluding carboxylic acids is 1. The third-order valence-electron chi connectivity index (χ3n) is 5.71. The second-order valence-corrected chi connectivity index (χ2v) is 7.58. The van der Waals surface area contributed by atoms with Crippen molar-refractivity contribution in [2.24, 2.45) is 5.92 Å². The summed E-state index contributed by atoms with van der Waals surface area (Å²) in [6, 6.07) is 9.40. The lowest BCUT2D eigenvalue weighted by molar-refractivity contribution is 0.102. The number of amides is 1. The number of carbonyl (C=O) groups is 1. The van der Waals surface area contributed by atoms with E-state index >= 15 is 0 Å². The Kier molecular flexibility index (Phi) is 5.92. The highest BCUT2D eigenvalue weighted by Crippen LogP contribution is 2.27. The first-order valence-corrected chi connectivity index (χ1v) is 10.0. The van der Waals surface area contributed by atoms with Crippen molar-refractivity contribution in [3.63, 3.8) is 0 Å². The maximum atomic E-state index is 12.7.